The van der Waals surface area contributed by atoms with Gasteiger partial charge >= 0.3 is 0 Å². The molecule has 4 rings (SSSR count). The number of nitrogens with zero attached hydrogens (tertiary/aromatic N) is 2. The molecule has 0 fully saturated rings. The summed E-state index contributed by atoms with van der Waals surface area (Å²) in [4.78, 5) is 16.9. The summed E-state index contributed by atoms with van der Waals surface area (Å²) >= 11 is 7.47. The summed E-state index contributed by atoms with van der Waals surface area (Å²) in [6, 6.07) is 22.6. The van der Waals surface area contributed by atoms with Crippen molar-refractivity contribution in [2.45, 2.75) is 0 Å². The zero-order valence-electron chi connectivity index (χ0n) is 14.1. The zero-order chi connectivity index (χ0) is 18.6. The van der Waals surface area contributed by atoms with E-state index < -0.39 is 0 Å². The summed E-state index contributed by atoms with van der Waals surface area (Å²) in [5, 5.41) is 5.57. The molecule has 0 radical (unpaired) electrons. The quantitative estimate of drug-likeness (QED) is 0.375. The topological polar surface area (TPSA) is 54.4 Å². The number of amides is 1. The van der Waals surface area contributed by atoms with Crippen molar-refractivity contribution in [3.8, 4) is 10.6 Å². The number of benzene rings is 3. The van der Waals surface area contributed by atoms with Gasteiger partial charge in [-0.25, -0.2) is 10.4 Å². The van der Waals surface area contributed by atoms with Crippen LogP contribution in [0.5, 0.6) is 0 Å². The molecule has 0 atom stereocenters. The van der Waals surface area contributed by atoms with Crippen LogP contribution >= 0.6 is 22.9 Å². The molecule has 1 heterocycles. The molecule has 132 valence electrons. The van der Waals surface area contributed by atoms with Crippen LogP contribution in [0, 0.1) is 0 Å². The van der Waals surface area contributed by atoms with E-state index >= 15 is 0 Å². The molecule has 1 amide bonds. The van der Waals surface area contributed by atoms with Crippen molar-refractivity contribution in [1.29, 1.82) is 0 Å². The average Bonchev–Trinajstić information content (AvgIpc) is 3.14. The van der Waals surface area contributed by atoms with E-state index in [1.165, 1.54) is 0 Å². The van der Waals surface area contributed by atoms with E-state index in [0.29, 0.717) is 10.6 Å². The predicted octanol–water partition coefficient (Wildman–Crippen LogP) is 5.38. The number of carbonyl (C=O) groups excluding carboxylic acids is 1. The Balaban J connectivity index is 1.45. The van der Waals surface area contributed by atoms with Gasteiger partial charge < -0.3 is 0 Å². The number of halogens is 1. The molecule has 0 aliphatic rings. The predicted molar refractivity (Wildman–Crippen MR) is 112 cm³/mol. The first-order chi connectivity index (χ1) is 13.2. The zero-order valence-corrected chi connectivity index (χ0v) is 15.7. The second-order valence-corrected chi connectivity index (χ2v) is 7.28. The molecule has 0 bridgehead atoms. The number of hydrogen-bond donors (Lipinski definition) is 1. The second-order valence-electron chi connectivity index (χ2n) is 5.81. The number of nitrogens with one attached hydrogen (secondary N) is 1. The summed E-state index contributed by atoms with van der Waals surface area (Å²) < 4.78 is 1.14. The molecule has 0 aliphatic carbocycles. The maximum Gasteiger partial charge on any atom is 0.271 e. The van der Waals surface area contributed by atoms with E-state index in [-0.39, 0.29) is 5.91 Å². The number of carbonyl (C=O) groups is 1. The van der Waals surface area contributed by atoms with E-state index in [0.717, 1.165) is 26.4 Å². The molecular formula is C21H14ClN3OS. The highest BCUT2D eigenvalue weighted by Crippen LogP contribution is 2.29. The van der Waals surface area contributed by atoms with E-state index in [2.05, 4.69) is 21.6 Å². The van der Waals surface area contributed by atoms with Crippen LogP contribution in [-0.2, 0) is 0 Å². The number of thiazole rings is 1. The van der Waals surface area contributed by atoms with Gasteiger partial charge in [0.15, 0.2) is 0 Å². The Morgan fingerprint density at radius 3 is 2.48 bits per heavy atom. The van der Waals surface area contributed by atoms with E-state index in [9.17, 15) is 4.79 Å². The van der Waals surface area contributed by atoms with Crippen LogP contribution < -0.4 is 5.43 Å². The number of rotatable bonds is 4. The van der Waals surface area contributed by atoms with Crippen LogP contribution in [0.2, 0.25) is 5.02 Å². The van der Waals surface area contributed by atoms with Gasteiger partial charge in [-0.1, -0.05) is 48.0 Å². The summed E-state index contributed by atoms with van der Waals surface area (Å²) in [6.07, 6.45) is 1.57. The molecule has 0 spiro atoms. The number of hydrogen-bond acceptors (Lipinski definition) is 4. The minimum Gasteiger partial charge on any atom is -0.267 e. The number of para-hydroxylation sites is 1. The molecule has 1 aromatic heterocycles. The van der Waals surface area contributed by atoms with Crippen molar-refractivity contribution in [2.24, 2.45) is 5.10 Å². The van der Waals surface area contributed by atoms with Crippen LogP contribution in [0.15, 0.2) is 77.9 Å². The molecule has 4 aromatic rings. The van der Waals surface area contributed by atoms with Gasteiger partial charge in [0, 0.05) is 16.1 Å². The largest absolute Gasteiger partial charge is 0.271 e. The molecule has 6 heteroatoms. The molecule has 1 N–H and O–H groups in total. The molecule has 0 saturated heterocycles. The Hall–Kier alpha value is -3.02. The van der Waals surface area contributed by atoms with Gasteiger partial charge in [-0.3, -0.25) is 4.79 Å². The first-order valence-corrected chi connectivity index (χ1v) is 9.43. The Morgan fingerprint density at radius 2 is 1.74 bits per heavy atom. The Kier molecular flexibility index (Phi) is 4.96. The lowest BCUT2D eigenvalue weighted by molar-refractivity contribution is 0.0955. The lowest BCUT2D eigenvalue weighted by Crippen LogP contribution is -2.17. The Bertz CT molecular complexity index is 1090. The lowest BCUT2D eigenvalue weighted by atomic mass is 10.1. The third kappa shape index (κ3) is 4.05. The smallest absolute Gasteiger partial charge is 0.267 e. The normalized spacial score (nSPS) is 11.1. The highest BCUT2D eigenvalue weighted by Gasteiger charge is 2.08. The van der Waals surface area contributed by atoms with E-state index in [1.54, 1.807) is 41.8 Å². The van der Waals surface area contributed by atoms with Crippen LogP contribution in [-0.4, -0.2) is 17.1 Å². The van der Waals surface area contributed by atoms with Crippen LogP contribution in [0.1, 0.15) is 15.9 Å². The van der Waals surface area contributed by atoms with Gasteiger partial charge in [0.25, 0.3) is 5.91 Å². The Labute approximate surface area is 165 Å². The van der Waals surface area contributed by atoms with Crippen molar-refractivity contribution in [3.63, 3.8) is 0 Å². The van der Waals surface area contributed by atoms with E-state index in [4.69, 9.17) is 11.6 Å². The van der Waals surface area contributed by atoms with Gasteiger partial charge in [-0.2, -0.15) is 5.10 Å². The molecule has 0 saturated carbocycles. The average molecular weight is 392 g/mol. The van der Waals surface area contributed by atoms with Crippen molar-refractivity contribution >= 4 is 45.3 Å². The van der Waals surface area contributed by atoms with Crippen LogP contribution in [0.3, 0.4) is 0 Å². The maximum absolute atomic E-state index is 12.2. The molecule has 0 unspecified atom stereocenters. The number of hydrazone groups is 1. The van der Waals surface area contributed by atoms with Crippen molar-refractivity contribution in [3.05, 3.63) is 88.9 Å². The highest BCUT2D eigenvalue weighted by molar-refractivity contribution is 7.21. The van der Waals surface area contributed by atoms with Gasteiger partial charge in [0.2, 0.25) is 0 Å². The van der Waals surface area contributed by atoms with E-state index in [1.807, 2.05) is 42.5 Å². The fourth-order valence-corrected chi connectivity index (χ4v) is 3.64. The van der Waals surface area contributed by atoms with Gasteiger partial charge in [0.1, 0.15) is 5.01 Å². The first kappa shape index (κ1) is 17.4. The van der Waals surface area contributed by atoms with Crippen molar-refractivity contribution in [2.75, 3.05) is 0 Å². The van der Waals surface area contributed by atoms with Crippen LogP contribution in [0.25, 0.3) is 20.8 Å². The van der Waals surface area contributed by atoms with Gasteiger partial charge in [-0.15, -0.1) is 11.3 Å². The summed E-state index contributed by atoms with van der Waals surface area (Å²) in [7, 11) is 0. The third-order valence-electron chi connectivity index (χ3n) is 3.94. The molecule has 3 aromatic carbocycles. The van der Waals surface area contributed by atoms with Gasteiger partial charge in [-0.05, 0) is 42.0 Å². The lowest BCUT2D eigenvalue weighted by Gasteiger charge is -2.01. The monoisotopic (exact) mass is 391 g/mol. The second kappa shape index (κ2) is 7.70. The SMILES string of the molecule is O=C(N/N=C/c1ccc(Cl)cc1)c1ccc(-c2nc3ccccc3s2)cc1. The molecule has 0 aliphatic heterocycles. The third-order valence-corrected chi connectivity index (χ3v) is 5.28. The minimum absolute atomic E-state index is 0.268. The summed E-state index contributed by atoms with van der Waals surface area (Å²) in [6.45, 7) is 0. The summed E-state index contributed by atoms with van der Waals surface area (Å²) in [5.41, 5.74) is 5.88. The summed E-state index contributed by atoms with van der Waals surface area (Å²) in [5.74, 6) is -0.268. The van der Waals surface area contributed by atoms with Crippen molar-refractivity contribution in [1.82, 2.24) is 10.4 Å². The number of fused-ring (bicyclic) bond motifs is 1. The highest BCUT2D eigenvalue weighted by atomic mass is 35.5. The minimum atomic E-state index is -0.268. The van der Waals surface area contributed by atoms with Crippen LogP contribution in [0.4, 0.5) is 0 Å². The van der Waals surface area contributed by atoms with Gasteiger partial charge in [0.05, 0.1) is 16.4 Å². The molecule has 27 heavy (non-hydrogen) atoms. The standard InChI is InChI=1S/C21H14ClN3OS/c22-17-11-5-14(6-12-17)13-23-25-20(26)15-7-9-16(10-8-15)21-24-18-3-1-2-4-19(18)27-21/h1-13H,(H,25,26)/b23-13+. The fraction of sp³-hybridized carbons (Fsp3) is 0. The fourth-order valence-electron chi connectivity index (χ4n) is 2.54. The molecular weight excluding hydrogens is 378 g/mol. The number of aromatic nitrogens is 1. The first-order valence-electron chi connectivity index (χ1n) is 8.24. The Morgan fingerprint density at radius 1 is 1.00 bits per heavy atom. The maximum atomic E-state index is 12.2. The van der Waals surface area contributed by atoms with Crippen molar-refractivity contribution < 1.29 is 4.79 Å². The molecule has 4 nitrogen and oxygen atoms in total.